The van der Waals surface area contributed by atoms with Crippen LogP contribution in [0.25, 0.3) is 0 Å². The Morgan fingerprint density at radius 3 is 2.27 bits per heavy atom. The first kappa shape index (κ1) is 11.7. The molecule has 0 spiro atoms. The predicted molar refractivity (Wildman–Crippen MR) is 61.4 cm³/mol. The molecule has 1 atom stereocenters. The Morgan fingerprint density at radius 2 is 1.73 bits per heavy atom. The Morgan fingerprint density at radius 1 is 1.09 bits per heavy atom. The number of hydrogen-bond acceptors (Lipinski definition) is 0. The summed E-state index contributed by atoms with van der Waals surface area (Å²) >= 11 is 2.47. The molecule has 0 heterocycles. The first-order valence-electron chi connectivity index (χ1n) is 4.87. The number of unbranched alkanes of at least 4 members (excludes halogenated alkanes) is 2. The summed E-state index contributed by atoms with van der Waals surface area (Å²) < 4.78 is 1.33. The molecule has 0 aliphatic heterocycles. The molecule has 11 heavy (non-hydrogen) atoms. The lowest BCUT2D eigenvalue weighted by Gasteiger charge is -2.08. The van der Waals surface area contributed by atoms with Gasteiger partial charge in [-0.1, -0.05) is 62.1 Å². The van der Waals surface area contributed by atoms with Gasteiger partial charge in [0, 0.05) is 0 Å². The lowest BCUT2D eigenvalue weighted by molar-refractivity contribution is 0.462. The van der Waals surface area contributed by atoms with E-state index in [4.69, 9.17) is 0 Å². The highest BCUT2D eigenvalue weighted by Gasteiger charge is 1.99. The average Bonchev–Trinajstić information content (AvgIpc) is 2.01. The van der Waals surface area contributed by atoms with Gasteiger partial charge in [-0.25, -0.2) is 0 Å². The molecule has 0 radical (unpaired) electrons. The van der Waals surface area contributed by atoms with Crippen molar-refractivity contribution >= 4 is 22.6 Å². The van der Waals surface area contributed by atoms with E-state index in [1.54, 1.807) is 0 Å². The third kappa shape index (κ3) is 8.64. The van der Waals surface area contributed by atoms with Gasteiger partial charge in [-0.05, 0) is 23.2 Å². The summed E-state index contributed by atoms with van der Waals surface area (Å²) in [5.41, 5.74) is 0. The molecule has 0 aliphatic carbocycles. The number of rotatable bonds is 7. The highest BCUT2D eigenvalue weighted by atomic mass is 127. The fraction of sp³-hybridized carbons (Fsp3) is 1.00. The van der Waals surface area contributed by atoms with Crippen molar-refractivity contribution in [3.8, 4) is 0 Å². The van der Waals surface area contributed by atoms with Gasteiger partial charge < -0.3 is 0 Å². The summed E-state index contributed by atoms with van der Waals surface area (Å²) in [6.07, 6.45) is 8.53. The van der Waals surface area contributed by atoms with Gasteiger partial charge in [-0.15, -0.1) is 0 Å². The first-order valence-corrected chi connectivity index (χ1v) is 6.39. The van der Waals surface area contributed by atoms with Crippen LogP contribution in [0.5, 0.6) is 0 Å². The lowest BCUT2D eigenvalue weighted by Crippen LogP contribution is -1.94. The summed E-state index contributed by atoms with van der Waals surface area (Å²) in [5.74, 6) is 0.969. The summed E-state index contributed by atoms with van der Waals surface area (Å²) in [6, 6.07) is 0. The van der Waals surface area contributed by atoms with Crippen molar-refractivity contribution in [1.29, 1.82) is 0 Å². The molecule has 0 N–H and O–H groups in total. The molecule has 0 nitrogen and oxygen atoms in total. The molecular weight excluding hydrogens is 247 g/mol. The molecule has 68 valence electrons. The number of halogens is 1. The van der Waals surface area contributed by atoms with Crippen LogP contribution >= 0.6 is 22.6 Å². The highest BCUT2D eigenvalue weighted by Crippen LogP contribution is 2.15. The maximum atomic E-state index is 2.47. The minimum absolute atomic E-state index is 0.969. The van der Waals surface area contributed by atoms with E-state index in [1.807, 2.05) is 0 Å². The molecule has 0 saturated carbocycles. The minimum Gasteiger partial charge on any atom is -0.0864 e. The number of alkyl halides is 1. The topological polar surface area (TPSA) is 0 Å². The van der Waals surface area contributed by atoms with Gasteiger partial charge in [0.15, 0.2) is 0 Å². The molecule has 0 bridgehead atoms. The Kier molecular flexibility index (Phi) is 9.41. The van der Waals surface area contributed by atoms with Gasteiger partial charge in [0.05, 0.1) is 0 Å². The summed E-state index contributed by atoms with van der Waals surface area (Å²) in [4.78, 5) is 0. The van der Waals surface area contributed by atoms with Crippen molar-refractivity contribution in [3.63, 3.8) is 0 Å². The molecule has 0 aromatic rings. The van der Waals surface area contributed by atoms with Crippen molar-refractivity contribution in [2.45, 2.75) is 52.4 Å². The maximum absolute atomic E-state index is 2.47. The largest absolute Gasteiger partial charge is 0.0864 e. The average molecular weight is 268 g/mol. The van der Waals surface area contributed by atoms with Crippen LogP contribution in [0.4, 0.5) is 0 Å². The third-order valence-corrected chi connectivity index (χ3v) is 2.89. The van der Waals surface area contributed by atoms with Crippen LogP contribution in [-0.2, 0) is 0 Å². The lowest BCUT2D eigenvalue weighted by atomic mass is 9.99. The Bertz CT molecular complexity index is 71.3. The summed E-state index contributed by atoms with van der Waals surface area (Å²) in [5, 5.41) is 0. The van der Waals surface area contributed by atoms with Crippen LogP contribution in [0.1, 0.15) is 52.4 Å². The van der Waals surface area contributed by atoms with Crippen molar-refractivity contribution in [3.05, 3.63) is 0 Å². The van der Waals surface area contributed by atoms with E-state index in [0.29, 0.717) is 0 Å². The van der Waals surface area contributed by atoms with Gasteiger partial charge in [0.2, 0.25) is 0 Å². The zero-order valence-corrected chi connectivity index (χ0v) is 10.1. The van der Waals surface area contributed by atoms with Crippen LogP contribution in [0.2, 0.25) is 0 Å². The maximum Gasteiger partial charge on any atom is -0.000463 e. The Balaban J connectivity index is 3.02. The standard InChI is InChI=1S/C10H21I/c1-3-4-5-7-10(2)8-6-9-11/h10H,3-9H2,1-2H3/t10-/m0/s1. The fourth-order valence-electron chi connectivity index (χ4n) is 1.31. The Labute approximate surface area is 85.3 Å². The molecule has 1 heteroatoms. The highest BCUT2D eigenvalue weighted by molar-refractivity contribution is 14.1. The predicted octanol–water partition coefficient (Wildman–Crippen LogP) is 4.42. The first-order chi connectivity index (χ1) is 5.31. The fourth-order valence-corrected chi connectivity index (χ4v) is 1.75. The van der Waals surface area contributed by atoms with Crippen molar-refractivity contribution in [2.75, 3.05) is 4.43 Å². The van der Waals surface area contributed by atoms with Gasteiger partial charge >= 0.3 is 0 Å². The molecule has 0 aliphatic rings. The summed E-state index contributed by atoms with van der Waals surface area (Å²) in [6.45, 7) is 4.66. The zero-order valence-electron chi connectivity index (χ0n) is 7.91. The molecule has 0 amide bonds. The zero-order chi connectivity index (χ0) is 8.53. The van der Waals surface area contributed by atoms with Gasteiger partial charge in [-0.2, -0.15) is 0 Å². The quantitative estimate of drug-likeness (QED) is 0.364. The van der Waals surface area contributed by atoms with E-state index in [1.165, 1.54) is 43.0 Å². The van der Waals surface area contributed by atoms with Crippen LogP contribution in [0.3, 0.4) is 0 Å². The molecule has 0 rings (SSSR count). The van der Waals surface area contributed by atoms with Crippen molar-refractivity contribution in [1.82, 2.24) is 0 Å². The van der Waals surface area contributed by atoms with Gasteiger partial charge in [0.1, 0.15) is 0 Å². The molecular formula is C10H21I. The van der Waals surface area contributed by atoms with E-state index in [9.17, 15) is 0 Å². The van der Waals surface area contributed by atoms with Gasteiger partial charge in [-0.3, -0.25) is 0 Å². The minimum atomic E-state index is 0.969. The number of hydrogen-bond donors (Lipinski definition) is 0. The van der Waals surface area contributed by atoms with E-state index in [0.717, 1.165) is 5.92 Å². The third-order valence-electron chi connectivity index (χ3n) is 2.13. The summed E-state index contributed by atoms with van der Waals surface area (Å²) in [7, 11) is 0. The van der Waals surface area contributed by atoms with E-state index >= 15 is 0 Å². The Hall–Kier alpha value is 0.730. The van der Waals surface area contributed by atoms with E-state index in [2.05, 4.69) is 36.4 Å². The SMILES string of the molecule is CCCCC[C@H](C)CCCI. The molecule has 0 fully saturated rings. The molecule has 0 saturated heterocycles. The monoisotopic (exact) mass is 268 g/mol. The van der Waals surface area contributed by atoms with Crippen LogP contribution in [-0.4, -0.2) is 4.43 Å². The second-order valence-electron chi connectivity index (χ2n) is 3.43. The second kappa shape index (κ2) is 8.82. The van der Waals surface area contributed by atoms with Crippen LogP contribution in [0, 0.1) is 5.92 Å². The van der Waals surface area contributed by atoms with Crippen LogP contribution < -0.4 is 0 Å². The second-order valence-corrected chi connectivity index (χ2v) is 4.51. The molecule has 0 unspecified atom stereocenters. The molecule has 0 aromatic heterocycles. The van der Waals surface area contributed by atoms with Crippen LogP contribution in [0.15, 0.2) is 0 Å². The molecule has 0 aromatic carbocycles. The van der Waals surface area contributed by atoms with Crippen molar-refractivity contribution in [2.24, 2.45) is 5.92 Å². The van der Waals surface area contributed by atoms with Gasteiger partial charge in [0.25, 0.3) is 0 Å². The van der Waals surface area contributed by atoms with E-state index in [-0.39, 0.29) is 0 Å². The van der Waals surface area contributed by atoms with Crippen molar-refractivity contribution < 1.29 is 0 Å². The normalized spacial score (nSPS) is 13.4. The van der Waals surface area contributed by atoms with E-state index < -0.39 is 0 Å². The smallest absolute Gasteiger partial charge is 0.000463 e.